The lowest BCUT2D eigenvalue weighted by Gasteiger charge is -2.19. The largest absolute Gasteiger partial charge is 0.254 e. The monoisotopic (exact) mass is 312 g/mol. The molecule has 0 aliphatic carbocycles. The maximum Gasteiger partial charge on any atom is 0.0970 e. The molecule has 0 spiro atoms. The molecule has 4 aromatic rings. The van der Waals surface area contributed by atoms with Crippen molar-refractivity contribution in [1.29, 1.82) is 0 Å². The van der Waals surface area contributed by atoms with Crippen molar-refractivity contribution in [3.63, 3.8) is 0 Å². The van der Waals surface area contributed by atoms with E-state index >= 15 is 0 Å². The van der Waals surface area contributed by atoms with E-state index in [0.29, 0.717) is 0 Å². The van der Waals surface area contributed by atoms with Gasteiger partial charge >= 0.3 is 0 Å². The lowest BCUT2D eigenvalue weighted by Crippen LogP contribution is -2.10. The number of aromatic nitrogens is 2. The Morgan fingerprint density at radius 2 is 1.42 bits per heavy atom. The highest BCUT2D eigenvalue weighted by Crippen LogP contribution is 2.34. The van der Waals surface area contributed by atoms with Gasteiger partial charge in [-0.25, -0.2) is 0 Å². The summed E-state index contributed by atoms with van der Waals surface area (Å²) in [6.07, 6.45) is 3.66. The molecule has 0 aliphatic heterocycles. The van der Waals surface area contributed by atoms with Crippen LogP contribution in [0.15, 0.2) is 67.0 Å². The zero-order valence-electron chi connectivity index (χ0n) is 14.2. The summed E-state index contributed by atoms with van der Waals surface area (Å²) >= 11 is 0. The first-order valence-electron chi connectivity index (χ1n) is 8.27. The Morgan fingerprint density at radius 1 is 0.750 bits per heavy atom. The Balaban J connectivity index is 1.98. The molecular formula is C22H20N2. The molecule has 2 aromatic heterocycles. The average molecular weight is 312 g/mol. The SMILES string of the molecule is CC(C)(C)c1ccc(-c2cc3cccnc3c3ncccc23)cc1. The molecule has 0 bridgehead atoms. The van der Waals surface area contributed by atoms with E-state index in [2.05, 4.69) is 73.2 Å². The number of benzene rings is 2. The van der Waals surface area contributed by atoms with E-state index in [1.165, 1.54) is 16.7 Å². The molecule has 24 heavy (non-hydrogen) atoms. The number of fused-ring (bicyclic) bond motifs is 3. The Labute approximate surface area is 142 Å². The van der Waals surface area contributed by atoms with Crippen molar-refractivity contribution in [2.75, 3.05) is 0 Å². The second-order valence-electron chi connectivity index (χ2n) is 7.23. The third-order valence-electron chi connectivity index (χ3n) is 4.52. The van der Waals surface area contributed by atoms with Crippen molar-refractivity contribution >= 4 is 21.8 Å². The van der Waals surface area contributed by atoms with Gasteiger partial charge in [-0.3, -0.25) is 9.97 Å². The van der Waals surface area contributed by atoms with Gasteiger partial charge in [-0.2, -0.15) is 0 Å². The van der Waals surface area contributed by atoms with Gasteiger partial charge in [0, 0.05) is 23.2 Å². The van der Waals surface area contributed by atoms with E-state index in [4.69, 9.17) is 0 Å². The van der Waals surface area contributed by atoms with Crippen LogP contribution >= 0.6 is 0 Å². The molecule has 0 amide bonds. The molecule has 0 radical (unpaired) electrons. The van der Waals surface area contributed by atoms with E-state index in [1.54, 1.807) is 0 Å². The number of hydrogen-bond donors (Lipinski definition) is 0. The Morgan fingerprint density at radius 3 is 2.12 bits per heavy atom. The summed E-state index contributed by atoms with van der Waals surface area (Å²) in [5.41, 5.74) is 5.85. The fourth-order valence-corrected chi connectivity index (χ4v) is 3.17. The second kappa shape index (κ2) is 5.41. The van der Waals surface area contributed by atoms with Crippen LogP contribution in [0.3, 0.4) is 0 Å². The van der Waals surface area contributed by atoms with Crippen molar-refractivity contribution in [3.8, 4) is 11.1 Å². The van der Waals surface area contributed by atoms with Crippen LogP contribution in [0.2, 0.25) is 0 Å². The molecule has 0 aliphatic rings. The lowest BCUT2D eigenvalue weighted by atomic mass is 9.86. The molecule has 2 nitrogen and oxygen atoms in total. The maximum absolute atomic E-state index is 4.59. The lowest BCUT2D eigenvalue weighted by molar-refractivity contribution is 0.590. The minimum atomic E-state index is 0.162. The average Bonchev–Trinajstić information content (AvgIpc) is 2.60. The van der Waals surface area contributed by atoms with Gasteiger partial charge in [0.2, 0.25) is 0 Å². The van der Waals surface area contributed by atoms with Gasteiger partial charge < -0.3 is 0 Å². The smallest absolute Gasteiger partial charge is 0.0970 e. The van der Waals surface area contributed by atoms with Crippen molar-refractivity contribution < 1.29 is 0 Å². The van der Waals surface area contributed by atoms with Crippen LogP contribution in [0.4, 0.5) is 0 Å². The Hall–Kier alpha value is -2.74. The summed E-state index contributed by atoms with van der Waals surface area (Å²) in [5.74, 6) is 0. The maximum atomic E-state index is 4.59. The van der Waals surface area contributed by atoms with Crippen molar-refractivity contribution in [2.24, 2.45) is 0 Å². The molecule has 0 saturated carbocycles. The van der Waals surface area contributed by atoms with E-state index in [0.717, 1.165) is 21.8 Å². The van der Waals surface area contributed by atoms with Gasteiger partial charge in [0.1, 0.15) is 0 Å². The molecule has 0 atom stereocenters. The first kappa shape index (κ1) is 14.8. The zero-order chi connectivity index (χ0) is 16.7. The number of hydrogen-bond acceptors (Lipinski definition) is 2. The number of rotatable bonds is 1. The van der Waals surface area contributed by atoms with Crippen molar-refractivity contribution in [3.05, 3.63) is 72.6 Å². The first-order chi connectivity index (χ1) is 11.5. The van der Waals surface area contributed by atoms with Gasteiger partial charge in [0.15, 0.2) is 0 Å². The normalized spacial score (nSPS) is 12.0. The Bertz CT molecular complexity index is 1030. The molecule has 0 fully saturated rings. The topological polar surface area (TPSA) is 25.8 Å². The first-order valence-corrected chi connectivity index (χ1v) is 8.27. The molecule has 2 heterocycles. The minimum Gasteiger partial charge on any atom is -0.254 e. The summed E-state index contributed by atoms with van der Waals surface area (Å²) in [7, 11) is 0. The third-order valence-corrected chi connectivity index (χ3v) is 4.52. The predicted octanol–water partition coefficient (Wildman–Crippen LogP) is 5.75. The molecule has 0 saturated heterocycles. The fourth-order valence-electron chi connectivity index (χ4n) is 3.17. The van der Waals surface area contributed by atoms with E-state index in [9.17, 15) is 0 Å². The zero-order valence-corrected chi connectivity index (χ0v) is 14.2. The fraction of sp³-hybridized carbons (Fsp3) is 0.182. The van der Waals surface area contributed by atoms with E-state index < -0.39 is 0 Å². The molecule has 0 unspecified atom stereocenters. The molecule has 2 aromatic carbocycles. The van der Waals surface area contributed by atoms with Crippen LogP contribution in [0.5, 0.6) is 0 Å². The summed E-state index contributed by atoms with van der Waals surface area (Å²) in [6.45, 7) is 6.72. The summed E-state index contributed by atoms with van der Waals surface area (Å²) < 4.78 is 0. The second-order valence-corrected chi connectivity index (χ2v) is 7.23. The van der Waals surface area contributed by atoms with E-state index in [1.807, 2.05) is 24.5 Å². The summed E-state index contributed by atoms with van der Waals surface area (Å²) in [6, 6.07) is 19.3. The van der Waals surface area contributed by atoms with Crippen molar-refractivity contribution in [2.45, 2.75) is 26.2 Å². The highest BCUT2D eigenvalue weighted by Gasteiger charge is 2.14. The molecule has 118 valence electrons. The van der Waals surface area contributed by atoms with Gasteiger partial charge in [-0.05, 0) is 40.3 Å². The Kier molecular flexibility index (Phi) is 3.34. The van der Waals surface area contributed by atoms with Gasteiger partial charge in [0.05, 0.1) is 11.0 Å². The molecule has 0 N–H and O–H groups in total. The van der Waals surface area contributed by atoms with Gasteiger partial charge in [-0.1, -0.05) is 57.2 Å². The van der Waals surface area contributed by atoms with Crippen LogP contribution in [-0.4, -0.2) is 9.97 Å². The van der Waals surface area contributed by atoms with E-state index in [-0.39, 0.29) is 5.41 Å². The van der Waals surface area contributed by atoms with Crippen LogP contribution in [-0.2, 0) is 5.41 Å². The number of pyridine rings is 2. The predicted molar refractivity (Wildman–Crippen MR) is 101 cm³/mol. The summed E-state index contributed by atoms with van der Waals surface area (Å²) in [5, 5.41) is 2.27. The van der Waals surface area contributed by atoms with Crippen LogP contribution in [0.1, 0.15) is 26.3 Å². The van der Waals surface area contributed by atoms with Crippen LogP contribution in [0, 0.1) is 0 Å². The van der Waals surface area contributed by atoms with Gasteiger partial charge in [-0.15, -0.1) is 0 Å². The minimum absolute atomic E-state index is 0.162. The highest BCUT2D eigenvalue weighted by molar-refractivity contribution is 6.10. The third kappa shape index (κ3) is 2.44. The highest BCUT2D eigenvalue weighted by atomic mass is 14.7. The summed E-state index contributed by atoms with van der Waals surface area (Å²) in [4.78, 5) is 9.12. The van der Waals surface area contributed by atoms with Crippen LogP contribution in [0.25, 0.3) is 32.9 Å². The van der Waals surface area contributed by atoms with Crippen LogP contribution < -0.4 is 0 Å². The standard InChI is InChI=1S/C22H20N2/c1-22(2,3)17-10-8-15(9-11-17)19-14-16-6-4-12-23-20(16)21-18(19)7-5-13-24-21/h4-14H,1-3H3. The van der Waals surface area contributed by atoms with Gasteiger partial charge in [0.25, 0.3) is 0 Å². The quantitative estimate of drug-likeness (QED) is 0.418. The molecule has 4 rings (SSSR count). The molecular weight excluding hydrogens is 292 g/mol. The van der Waals surface area contributed by atoms with Crippen molar-refractivity contribution in [1.82, 2.24) is 9.97 Å². The molecule has 2 heteroatoms. The number of nitrogens with zero attached hydrogens (tertiary/aromatic N) is 2.